The van der Waals surface area contributed by atoms with E-state index in [0.717, 1.165) is 18.8 Å². The van der Waals surface area contributed by atoms with Gasteiger partial charge in [-0.1, -0.05) is 24.3 Å². The number of amides is 1. The summed E-state index contributed by atoms with van der Waals surface area (Å²) < 4.78 is 15.3. The molecule has 4 rings (SSSR count). The number of hydrogen-bond donors (Lipinski definition) is 0. The Balaban J connectivity index is 1.44. The Hall–Kier alpha value is -3.08. The molecule has 1 aromatic heterocycles. The molecule has 0 N–H and O–H groups in total. The fraction of sp³-hybridized carbons (Fsp3) is 0.292. The number of anilines is 1. The predicted octanol–water partition coefficient (Wildman–Crippen LogP) is 4.26. The topological polar surface area (TPSA) is 28.5 Å². The predicted molar refractivity (Wildman–Crippen MR) is 114 cm³/mol. The van der Waals surface area contributed by atoms with Crippen molar-refractivity contribution in [2.45, 2.75) is 19.4 Å². The first-order valence-electron chi connectivity index (χ1n) is 10.1. The summed E-state index contributed by atoms with van der Waals surface area (Å²) in [6, 6.07) is 18.8. The van der Waals surface area contributed by atoms with Gasteiger partial charge in [0.1, 0.15) is 5.82 Å². The van der Waals surface area contributed by atoms with Crippen molar-refractivity contribution < 1.29 is 9.18 Å². The molecule has 0 spiro atoms. The number of carbonyl (C=O) groups excluding carboxylic acids is 1. The number of nitrogens with zero attached hydrogens (tertiary/aromatic N) is 3. The van der Waals surface area contributed by atoms with Gasteiger partial charge in [-0.15, -0.1) is 0 Å². The molecule has 5 heteroatoms. The van der Waals surface area contributed by atoms with E-state index in [1.807, 2.05) is 41.6 Å². The fourth-order valence-electron chi connectivity index (χ4n) is 4.05. The Labute approximate surface area is 171 Å². The van der Waals surface area contributed by atoms with Gasteiger partial charge in [-0.3, -0.25) is 4.79 Å². The number of hydrogen-bond acceptors (Lipinski definition) is 2. The van der Waals surface area contributed by atoms with Crippen LogP contribution in [0.4, 0.5) is 10.1 Å². The second-order valence-electron chi connectivity index (χ2n) is 7.55. The van der Waals surface area contributed by atoms with Crippen LogP contribution in [0.25, 0.3) is 0 Å². The first kappa shape index (κ1) is 19.2. The smallest absolute Gasteiger partial charge is 0.225 e. The van der Waals surface area contributed by atoms with Gasteiger partial charge in [0.2, 0.25) is 5.91 Å². The second kappa shape index (κ2) is 8.52. The second-order valence-corrected chi connectivity index (χ2v) is 7.55. The van der Waals surface area contributed by atoms with E-state index in [2.05, 4.69) is 28.5 Å². The monoisotopic (exact) mass is 391 g/mol. The maximum Gasteiger partial charge on any atom is 0.225 e. The van der Waals surface area contributed by atoms with Crippen LogP contribution in [0.3, 0.4) is 0 Å². The number of piperazine rings is 1. The summed E-state index contributed by atoms with van der Waals surface area (Å²) in [5.74, 6) is -0.0551. The first-order chi connectivity index (χ1) is 14.1. The summed E-state index contributed by atoms with van der Waals surface area (Å²) in [7, 11) is 0. The van der Waals surface area contributed by atoms with Gasteiger partial charge in [0.25, 0.3) is 0 Å². The van der Waals surface area contributed by atoms with Crippen LogP contribution in [0.5, 0.6) is 0 Å². The number of aromatic nitrogens is 1. The van der Waals surface area contributed by atoms with Crippen molar-refractivity contribution in [3.63, 3.8) is 0 Å². The van der Waals surface area contributed by atoms with E-state index in [9.17, 15) is 9.18 Å². The minimum absolute atomic E-state index is 0.00571. The molecule has 1 fully saturated rings. The standard InChI is InChI=1S/C24H26FN3O/c1-19-6-2-3-7-22(19)23(27-12-4-5-13-27)18-24(29)28-16-14-26(15-17-28)21-10-8-20(25)9-11-21/h2-13,23H,14-18H2,1H3/t23-/m0/s1. The highest BCUT2D eigenvalue weighted by Gasteiger charge is 2.25. The Morgan fingerprint density at radius 2 is 1.59 bits per heavy atom. The largest absolute Gasteiger partial charge is 0.368 e. The Kier molecular flexibility index (Phi) is 5.65. The molecule has 2 heterocycles. The SMILES string of the molecule is Cc1ccccc1[C@H](CC(=O)N1CCN(c2ccc(F)cc2)CC1)n1cccc1. The molecule has 1 atom stereocenters. The summed E-state index contributed by atoms with van der Waals surface area (Å²) in [6.45, 7) is 4.98. The summed E-state index contributed by atoms with van der Waals surface area (Å²) in [6.07, 6.45) is 4.49. The third-order valence-electron chi connectivity index (χ3n) is 5.73. The summed E-state index contributed by atoms with van der Waals surface area (Å²) >= 11 is 0. The minimum Gasteiger partial charge on any atom is -0.368 e. The molecule has 1 aliphatic rings. The van der Waals surface area contributed by atoms with Crippen molar-refractivity contribution in [2.75, 3.05) is 31.1 Å². The van der Waals surface area contributed by atoms with E-state index in [1.165, 1.54) is 23.3 Å². The Morgan fingerprint density at radius 3 is 2.24 bits per heavy atom. The van der Waals surface area contributed by atoms with Gasteiger partial charge >= 0.3 is 0 Å². The first-order valence-corrected chi connectivity index (χ1v) is 10.1. The van der Waals surface area contributed by atoms with E-state index >= 15 is 0 Å². The molecule has 1 saturated heterocycles. The number of carbonyl (C=O) groups is 1. The Morgan fingerprint density at radius 1 is 0.931 bits per heavy atom. The lowest BCUT2D eigenvalue weighted by molar-refractivity contribution is -0.132. The Bertz CT molecular complexity index is 945. The third kappa shape index (κ3) is 4.34. The van der Waals surface area contributed by atoms with Crippen LogP contribution in [0.15, 0.2) is 73.1 Å². The zero-order chi connectivity index (χ0) is 20.2. The van der Waals surface area contributed by atoms with Gasteiger partial charge in [-0.25, -0.2) is 4.39 Å². The zero-order valence-corrected chi connectivity index (χ0v) is 16.7. The molecule has 0 bridgehead atoms. The molecule has 1 aliphatic heterocycles. The maximum absolute atomic E-state index is 13.2. The van der Waals surface area contributed by atoms with Crippen LogP contribution in [0.1, 0.15) is 23.6 Å². The van der Waals surface area contributed by atoms with Gasteiger partial charge in [-0.2, -0.15) is 0 Å². The number of halogens is 1. The summed E-state index contributed by atoms with van der Waals surface area (Å²) in [4.78, 5) is 17.3. The molecule has 0 unspecified atom stereocenters. The fourth-order valence-corrected chi connectivity index (χ4v) is 4.05. The average molecular weight is 391 g/mol. The maximum atomic E-state index is 13.2. The highest BCUT2D eigenvalue weighted by molar-refractivity contribution is 5.77. The molecule has 3 aromatic rings. The van der Waals surface area contributed by atoms with E-state index in [-0.39, 0.29) is 17.8 Å². The highest BCUT2D eigenvalue weighted by atomic mass is 19.1. The molecule has 1 amide bonds. The van der Waals surface area contributed by atoms with E-state index < -0.39 is 0 Å². The van der Waals surface area contributed by atoms with Crippen LogP contribution < -0.4 is 4.90 Å². The van der Waals surface area contributed by atoms with Gasteiger partial charge in [0.05, 0.1) is 12.5 Å². The zero-order valence-electron chi connectivity index (χ0n) is 16.7. The lowest BCUT2D eigenvalue weighted by Gasteiger charge is -2.37. The van der Waals surface area contributed by atoms with Gasteiger partial charge in [-0.05, 0) is 54.4 Å². The van der Waals surface area contributed by atoms with Crippen LogP contribution in [-0.4, -0.2) is 41.6 Å². The molecule has 0 radical (unpaired) electrons. The van der Waals surface area contributed by atoms with Crippen molar-refractivity contribution in [2.24, 2.45) is 0 Å². The van der Waals surface area contributed by atoms with Crippen molar-refractivity contribution in [3.8, 4) is 0 Å². The molecule has 29 heavy (non-hydrogen) atoms. The molecule has 0 aliphatic carbocycles. The summed E-state index contributed by atoms with van der Waals surface area (Å²) in [5, 5.41) is 0. The number of benzene rings is 2. The molecule has 4 nitrogen and oxygen atoms in total. The van der Waals surface area contributed by atoms with Gasteiger partial charge < -0.3 is 14.4 Å². The minimum atomic E-state index is -0.227. The summed E-state index contributed by atoms with van der Waals surface area (Å²) in [5.41, 5.74) is 3.38. The quantitative estimate of drug-likeness (QED) is 0.650. The third-order valence-corrected chi connectivity index (χ3v) is 5.73. The van der Waals surface area contributed by atoms with E-state index in [0.29, 0.717) is 19.5 Å². The molecular formula is C24H26FN3O. The average Bonchev–Trinajstić information content (AvgIpc) is 3.28. The van der Waals surface area contributed by atoms with Gasteiger partial charge in [0.15, 0.2) is 0 Å². The van der Waals surface area contributed by atoms with E-state index in [1.54, 1.807) is 12.1 Å². The highest BCUT2D eigenvalue weighted by Crippen LogP contribution is 2.26. The van der Waals surface area contributed by atoms with Crippen molar-refractivity contribution in [1.29, 1.82) is 0 Å². The van der Waals surface area contributed by atoms with Crippen LogP contribution >= 0.6 is 0 Å². The normalized spacial score (nSPS) is 15.4. The lowest BCUT2D eigenvalue weighted by Crippen LogP contribution is -2.49. The van der Waals surface area contributed by atoms with Crippen molar-refractivity contribution >= 4 is 11.6 Å². The van der Waals surface area contributed by atoms with E-state index in [4.69, 9.17) is 0 Å². The molecule has 150 valence electrons. The molecular weight excluding hydrogens is 365 g/mol. The molecule has 2 aromatic carbocycles. The van der Waals surface area contributed by atoms with Crippen LogP contribution in [-0.2, 0) is 4.79 Å². The number of rotatable bonds is 5. The van der Waals surface area contributed by atoms with Crippen LogP contribution in [0, 0.1) is 12.7 Å². The number of aryl methyl sites for hydroxylation is 1. The van der Waals surface area contributed by atoms with Gasteiger partial charge in [0, 0.05) is 44.3 Å². The lowest BCUT2D eigenvalue weighted by atomic mass is 9.98. The molecule has 0 saturated carbocycles. The van der Waals surface area contributed by atoms with Crippen LogP contribution in [0.2, 0.25) is 0 Å². The van der Waals surface area contributed by atoms with Crippen molar-refractivity contribution in [3.05, 3.63) is 90.0 Å². The van der Waals surface area contributed by atoms with Crippen molar-refractivity contribution in [1.82, 2.24) is 9.47 Å².